The summed E-state index contributed by atoms with van der Waals surface area (Å²) in [5, 5.41) is 22.9. The van der Waals surface area contributed by atoms with Gasteiger partial charge >= 0.3 is 24.3 Å². The van der Waals surface area contributed by atoms with Gasteiger partial charge < -0.3 is 19.4 Å². The Bertz CT molecular complexity index is 1220. The summed E-state index contributed by atoms with van der Waals surface area (Å²) in [5.41, 5.74) is 5.31. The first-order valence-electron chi connectivity index (χ1n) is 11.3. The quantitative estimate of drug-likeness (QED) is 0.414. The molecule has 4 heterocycles. The maximum absolute atomic E-state index is 10.6. The van der Waals surface area contributed by atoms with Gasteiger partial charge in [-0.1, -0.05) is 11.3 Å². The number of nitrogens with zero attached hydrogens (tertiary/aromatic N) is 5. The lowest BCUT2D eigenvalue weighted by Gasteiger charge is -2.34. The molecule has 0 amide bonds. The smallest absolute Gasteiger partial charge is 0.475 e. The third-order valence-corrected chi connectivity index (χ3v) is 5.29. The molecule has 0 fully saturated rings. The second-order valence-corrected chi connectivity index (χ2v) is 8.30. The number of halogens is 6. The molecule has 3 aromatic rings. The zero-order chi connectivity index (χ0) is 30.1. The van der Waals surface area contributed by atoms with Gasteiger partial charge in [-0.25, -0.2) is 9.59 Å². The van der Waals surface area contributed by atoms with Crippen molar-refractivity contribution < 1.29 is 55.3 Å². The van der Waals surface area contributed by atoms with Crippen LogP contribution in [0.1, 0.15) is 34.4 Å². The average Bonchev–Trinajstić information content (AvgIpc) is 3.50. The normalized spacial score (nSPS) is 15.2. The van der Waals surface area contributed by atoms with Gasteiger partial charge in [0.1, 0.15) is 5.69 Å². The molecule has 0 saturated carbocycles. The fraction of sp³-hybridized carbons (Fsp3) is 0.435. The summed E-state index contributed by atoms with van der Waals surface area (Å²) in [7, 11) is 1.95. The highest BCUT2D eigenvalue weighted by Gasteiger charge is 2.39. The number of furan rings is 1. The van der Waals surface area contributed by atoms with Crippen molar-refractivity contribution >= 4 is 11.9 Å². The summed E-state index contributed by atoms with van der Waals surface area (Å²) in [6, 6.07) is 8.06. The minimum atomic E-state index is -5.08. The molecule has 0 aromatic carbocycles. The number of carbonyl (C=O) groups is 2. The molecule has 17 heteroatoms. The van der Waals surface area contributed by atoms with Crippen molar-refractivity contribution in [2.24, 2.45) is 7.05 Å². The molecule has 0 spiro atoms. The molecule has 1 aliphatic heterocycles. The third-order valence-electron chi connectivity index (χ3n) is 5.29. The lowest BCUT2D eigenvalue weighted by Crippen LogP contribution is -2.38. The number of alkyl halides is 6. The molecule has 1 atom stereocenters. The van der Waals surface area contributed by atoms with Crippen LogP contribution in [0.4, 0.5) is 26.3 Å². The molecule has 1 aliphatic rings. The third kappa shape index (κ3) is 9.96. The zero-order valence-corrected chi connectivity index (χ0v) is 21.1. The molecule has 0 radical (unpaired) electrons. The molecule has 1 unspecified atom stereocenters. The molecule has 4 rings (SSSR count). The van der Waals surface area contributed by atoms with Gasteiger partial charge in [0.25, 0.3) is 0 Å². The summed E-state index contributed by atoms with van der Waals surface area (Å²) in [5.74, 6) is -5.51. The summed E-state index contributed by atoms with van der Waals surface area (Å²) in [6.07, 6.45) is -5.73. The van der Waals surface area contributed by atoms with E-state index in [0.717, 1.165) is 42.2 Å². The Morgan fingerprint density at radius 3 is 2.25 bits per heavy atom. The molecule has 3 aromatic heterocycles. The first-order valence-corrected chi connectivity index (χ1v) is 11.3. The van der Waals surface area contributed by atoms with Crippen LogP contribution in [0.15, 0.2) is 41.2 Å². The standard InChI is InChI=1S/C19H23N5O2.2C2HF3O2/c1-14-4-3-5-16(20-14)12-26-13-18-19-17(23(2)22-21-19)6-8-24(18)10-15-7-9-25-11-15;2*3-2(4,5)1(6)7/h3-5,7,9,11,18H,6,8,10,12-13H2,1-2H3;2*(H,6,7). The number of aryl methyl sites for hydroxylation is 2. The van der Waals surface area contributed by atoms with Gasteiger partial charge in [0.15, 0.2) is 0 Å². The van der Waals surface area contributed by atoms with E-state index in [9.17, 15) is 26.3 Å². The van der Waals surface area contributed by atoms with Crippen LogP contribution in [0, 0.1) is 6.92 Å². The van der Waals surface area contributed by atoms with E-state index < -0.39 is 24.3 Å². The number of rotatable bonds is 6. The highest BCUT2D eigenvalue weighted by molar-refractivity contribution is 5.73. The van der Waals surface area contributed by atoms with Crippen molar-refractivity contribution in [3.63, 3.8) is 0 Å². The van der Waals surface area contributed by atoms with Crippen LogP contribution in [0.3, 0.4) is 0 Å². The largest absolute Gasteiger partial charge is 0.490 e. The maximum Gasteiger partial charge on any atom is 0.490 e. The Labute approximate surface area is 223 Å². The van der Waals surface area contributed by atoms with E-state index in [0.29, 0.717) is 13.2 Å². The number of carboxylic acids is 2. The summed E-state index contributed by atoms with van der Waals surface area (Å²) >= 11 is 0. The van der Waals surface area contributed by atoms with Crippen LogP contribution in [-0.2, 0) is 40.9 Å². The fourth-order valence-electron chi connectivity index (χ4n) is 3.47. The monoisotopic (exact) mass is 581 g/mol. The molecule has 220 valence electrons. The molecular formula is C23H25F6N5O6. The molecule has 11 nitrogen and oxygen atoms in total. The van der Waals surface area contributed by atoms with Crippen LogP contribution in [0.5, 0.6) is 0 Å². The van der Waals surface area contributed by atoms with Gasteiger partial charge in [0.2, 0.25) is 0 Å². The van der Waals surface area contributed by atoms with E-state index in [-0.39, 0.29) is 6.04 Å². The summed E-state index contributed by atoms with van der Waals surface area (Å²) < 4.78 is 76.6. The van der Waals surface area contributed by atoms with Crippen LogP contribution in [-0.4, -0.2) is 72.5 Å². The Balaban J connectivity index is 0.000000333. The average molecular weight is 581 g/mol. The number of aliphatic carboxylic acids is 2. The second-order valence-electron chi connectivity index (χ2n) is 8.30. The van der Waals surface area contributed by atoms with Crippen LogP contribution >= 0.6 is 0 Å². The maximum atomic E-state index is 10.6. The van der Waals surface area contributed by atoms with Gasteiger partial charge in [-0.05, 0) is 25.1 Å². The van der Waals surface area contributed by atoms with E-state index in [1.807, 2.05) is 42.9 Å². The molecule has 2 N–H and O–H groups in total. The van der Waals surface area contributed by atoms with Gasteiger partial charge in [0.05, 0.1) is 43.2 Å². The number of ether oxygens (including phenoxy) is 1. The predicted octanol–water partition coefficient (Wildman–Crippen LogP) is 3.69. The Kier molecular flexibility index (Phi) is 11.2. The highest BCUT2D eigenvalue weighted by Crippen LogP contribution is 2.29. The molecule has 0 aliphatic carbocycles. The van der Waals surface area contributed by atoms with Crippen molar-refractivity contribution in [1.82, 2.24) is 24.9 Å². The molecular weight excluding hydrogens is 556 g/mol. The number of carboxylic acid groups (broad SMARTS) is 2. The van der Waals surface area contributed by atoms with E-state index >= 15 is 0 Å². The Hall–Kier alpha value is -3.99. The van der Waals surface area contributed by atoms with Gasteiger partial charge in [-0.2, -0.15) is 26.3 Å². The van der Waals surface area contributed by atoms with E-state index in [4.69, 9.17) is 29.0 Å². The van der Waals surface area contributed by atoms with E-state index in [2.05, 4.69) is 20.2 Å². The lowest BCUT2D eigenvalue weighted by molar-refractivity contribution is -0.193. The first-order chi connectivity index (χ1) is 18.6. The lowest BCUT2D eigenvalue weighted by atomic mass is 10.0. The zero-order valence-electron chi connectivity index (χ0n) is 21.1. The summed E-state index contributed by atoms with van der Waals surface area (Å²) in [4.78, 5) is 24.7. The Morgan fingerprint density at radius 2 is 1.73 bits per heavy atom. The van der Waals surface area contributed by atoms with Gasteiger partial charge in [-0.15, -0.1) is 5.10 Å². The van der Waals surface area contributed by atoms with Crippen LogP contribution in [0.25, 0.3) is 0 Å². The molecule has 40 heavy (non-hydrogen) atoms. The van der Waals surface area contributed by atoms with Crippen LogP contribution in [0.2, 0.25) is 0 Å². The molecule has 0 saturated heterocycles. The number of aromatic nitrogens is 4. The van der Waals surface area contributed by atoms with Gasteiger partial charge in [-0.3, -0.25) is 14.6 Å². The van der Waals surface area contributed by atoms with Crippen molar-refractivity contribution in [3.05, 3.63) is 65.1 Å². The van der Waals surface area contributed by atoms with Crippen molar-refractivity contribution in [3.8, 4) is 0 Å². The van der Waals surface area contributed by atoms with E-state index in [1.165, 1.54) is 5.69 Å². The van der Waals surface area contributed by atoms with Crippen molar-refractivity contribution in [2.75, 3.05) is 13.2 Å². The van der Waals surface area contributed by atoms with Crippen molar-refractivity contribution in [2.45, 2.75) is 44.9 Å². The van der Waals surface area contributed by atoms with E-state index in [1.54, 1.807) is 12.5 Å². The number of hydrogen-bond donors (Lipinski definition) is 2. The van der Waals surface area contributed by atoms with Gasteiger partial charge in [0, 0.05) is 37.8 Å². The Morgan fingerprint density at radius 1 is 1.10 bits per heavy atom. The minimum Gasteiger partial charge on any atom is -0.475 e. The van der Waals surface area contributed by atoms with Crippen LogP contribution < -0.4 is 0 Å². The predicted molar refractivity (Wildman–Crippen MR) is 123 cm³/mol. The molecule has 0 bridgehead atoms. The SMILES string of the molecule is Cc1cccc(COCC2c3nnn(C)c3CCN2Cc2ccoc2)n1.O=C(O)C(F)(F)F.O=C(O)C(F)(F)F. The fourth-order valence-corrected chi connectivity index (χ4v) is 3.47. The number of hydrogen-bond acceptors (Lipinski definition) is 8. The number of fused-ring (bicyclic) bond motifs is 1. The topological polar surface area (TPSA) is 144 Å². The first kappa shape index (κ1) is 32.2. The summed E-state index contributed by atoms with van der Waals surface area (Å²) in [6.45, 7) is 4.79. The number of pyridine rings is 1. The second kappa shape index (κ2) is 13.9. The minimum absolute atomic E-state index is 0.0761. The van der Waals surface area contributed by atoms with Crippen molar-refractivity contribution in [1.29, 1.82) is 0 Å². The highest BCUT2D eigenvalue weighted by atomic mass is 19.4.